The molecule has 1 aromatic carbocycles. The Balaban J connectivity index is 1.94. The van der Waals surface area contributed by atoms with Crippen LogP contribution in [0.2, 0.25) is 0 Å². The highest BCUT2D eigenvalue weighted by Crippen LogP contribution is 2.35. The van der Waals surface area contributed by atoms with Crippen LogP contribution in [0.1, 0.15) is 27.7 Å². The van der Waals surface area contributed by atoms with Crippen LogP contribution in [0, 0.1) is 6.92 Å². The van der Waals surface area contributed by atoms with Gasteiger partial charge in [-0.15, -0.1) is 11.3 Å². The first-order valence-electron chi connectivity index (χ1n) is 6.71. The van der Waals surface area contributed by atoms with Crippen molar-refractivity contribution >= 4 is 22.2 Å². The Kier molecular flexibility index (Phi) is 2.50. The molecule has 1 aliphatic rings. The van der Waals surface area contributed by atoms with E-state index in [0.717, 1.165) is 13.0 Å². The molecule has 0 amide bonds. The molecule has 0 aliphatic carbocycles. The molecule has 0 bridgehead atoms. The van der Waals surface area contributed by atoms with Crippen LogP contribution in [-0.2, 0) is 6.42 Å². The standard InChI is InChI=1S/C16H16N2S/c1-10-4-5-13-12(9-10)11-6-7-17-16(15(11)18-13)14-3-2-8-19-14/h2-5,8-9,16-18H,6-7H2,1H3. The molecular formula is C16H16N2S. The molecule has 0 saturated carbocycles. The third-order valence-corrected chi connectivity index (χ3v) is 4.87. The normalized spacial score (nSPS) is 18.7. The SMILES string of the molecule is Cc1ccc2[nH]c3c(c2c1)CCNC3c1cccs1. The number of H-pyrrole nitrogens is 1. The number of aromatic nitrogens is 1. The number of hydrogen-bond donors (Lipinski definition) is 2. The molecule has 3 heteroatoms. The van der Waals surface area contributed by atoms with Gasteiger partial charge in [0.25, 0.3) is 0 Å². The van der Waals surface area contributed by atoms with Crippen molar-refractivity contribution in [1.82, 2.24) is 10.3 Å². The van der Waals surface area contributed by atoms with Gasteiger partial charge < -0.3 is 10.3 Å². The Morgan fingerprint density at radius 3 is 3.05 bits per heavy atom. The van der Waals surface area contributed by atoms with Crippen LogP contribution in [0.15, 0.2) is 35.7 Å². The molecule has 19 heavy (non-hydrogen) atoms. The van der Waals surface area contributed by atoms with Gasteiger partial charge in [-0.05, 0) is 42.5 Å². The number of fused-ring (bicyclic) bond motifs is 3. The smallest absolute Gasteiger partial charge is 0.0826 e. The number of thiophene rings is 1. The van der Waals surface area contributed by atoms with Crippen molar-refractivity contribution in [3.63, 3.8) is 0 Å². The predicted molar refractivity (Wildman–Crippen MR) is 80.9 cm³/mol. The van der Waals surface area contributed by atoms with E-state index in [-0.39, 0.29) is 0 Å². The minimum atomic E-state index is 0.330. The summed E-state index contributed by atoms with van der Waals surface area (Å²) in [6, 6.07) is 11.4. The molecule has 0 radical (unpaired) electrons. The number of benzene rings is 1. The van der Waals surface area contributed by atoms with Crippen molar-refractivity contribution in [3.8, 4) is 0 Å². The molecular weight excluding hydrogens is 252 g/mol. The fraction of sp³-hybridized carbons (Fsp3) is 0.250. The third kappa shape index (κ3) is 1.73. The molecule has 96 valence electrons. The van der Waals surface area contributed by atoms with E-state index in [2.05, 4.69) is 52.9 Å². The summed E-state index contributed by atoms with van der Waals surface area (Å²) in [5.41, 5.74) is 5.45. The topological polar surface area (TPSA) is 27.8 Å². The van der Waals surface area contributed by atoms with Crippen molar-refractivity contribution in [2.75, 3.05) is 6.54 Å². The average Bonchev–Trinajstić information content (AvgIpc) is 3.05. The fourth-order valence-corrected chi connectivity index (χ4v) is 3.85. The molecule has 0 spiro atoms. The second-order valence-corrected chi connectivity index (χ2v) is 6.20. The summed E-state index contributed by atoms with van der Waals surface area (Å²) in [7, 11) is 0. The fourth-order valence-electron chi connectivity index (χ4n) is 3.04. The molecule has 0 fully saturated rings. The van der Waals surface area contributed by atoms with Gasteiger partial charge in [-0.1, -0.05) is 17.7 Å². The van der Waals surface area contributed by atoms with Crippen molar-refractivity contribution in [2.24, 2.45) is 0 Å². The minimum absolute atomic E-state index is 0.330. The van der Waals surface area contributed by atoms with Gasteiger partial charge in [0.05, 0.1) is 6.04 Å². The molecule has 1 atom stereocenters. The maximum Gasteiger partial charge on any atom is 0.0826 e. The summed E-state index contributed by atoms with van der Waals surface area (Å²) in [5, 5.41) is 7.18. The number of hydrogen-bond acceptors (Lipinski definition) is 2. The van der Waals surface area contributed by atoms with Crippen LogP contribution in [0.5, 0.6) is 0 Å². The summed E-state index contributed by atoms with van der Waals surface area (Å²) in [6.45, 7) is 3.22. The van der Waals surface area contributed by atoms with Crippen LogP contribution in [0.3, 0.4) is 0 Å². The van der Waals surface area contributed by atoms with Crippen LogP contribution >= 0.6 is 11.3 Å². The minimum Gasteiger partial charge on any atom is -0.357 e. The van der Waals surface area contributed by atoms with E-state index in [4.69, 9.17) is 0 Å². The lowest BCUT2D eigenvalue weighted by molar-refractivity contribution is 0.567. The quantitative estimate of drug-likeness (QED) is 0.691. The summed E-state index contributed by atoms with van der Waals surface area (Å²) in [4.78, 5) is 5.02. The van der Waals surface area contributed by atoms with E-state index in [1.54, 1.807) is 0 Å². The molecule has 3 aromatic rings. The van der Waals surface area contributed by atoms with Crippen LogP contribution < -0.4 is 5.32 Å². The molecule has 2 aromatic heterocycles. The zero-order valence-corrected chi connectivity index (χ0v) is 11.7. The number of rotatable bonds is 1. The Bertz CT molecular complexity index is 725. The van der Waals surface area contributed by atoms with Gasteiger partial charge in [0.15, 0.2) is 0 Å². The van der Waals surface area contributed by atoms with Crippen molar-refractivity contribution in [2.45, 2.75) is 19.4 Å². The second-order valence-electron chi connectivity index (χ2n) is 5.22. The van der Waals surface area contributed by atoms with Crippen LogP contribution in [0.4, 0.5) is 0 Å². The molecule has 3 heterocycles. The molecule has 1 aliphatic heterocycles. The summed E-state index contributed by atoms with van der Waals surface area (Å²) in [5.74, 6) is 0. The molecule has 4 rings (SSSR count). The lowest BCUT2D eigenvalue weighted by Crippen LogP contribution is -2.29. The number of nitrogens with one attached hydrogen (secondary N) is 2. The van der Waals surface area contributed by atoms with Gasteiger partial charge in [0.1, 0.15) is 0 Å². The summed E-state index contributed by atoms with van der Waals surface area (Å²) < 4.78 is 0. The first-order valence-corrected chi connectivity index (χ1v) is 7.59. The highest BCUT2D eigenvalue weighted by Gasteiger charge is 2.25. The molecule has 2 nitrogen and oxygen atoms in total. The maximum absolute atomic E-state index is 3.63. The second kappa shape index (κ2) is 4.22. The summed E-state index contributed by atoms with van der Waals surface area (Å²) >= 11 is 1.82. The Morgan fingerprint density at radius 2 is 2.21 bits per heavy atom. The first-order chi connectivity index (χ1) is 9.33. The molecule has 2 N–H and O–H groups in total. The summed E-state index contributed by atoms with van der Waals surface area (Å²) in [6.07, 6.45) is 1.11. The van der Waals surface area contributed by atoms with E-state index < -0.39 is 0 Å². The van der Waals surface area contributed by atoms with E-state index in [9.17, 15) is 0 Å². The third-order valence-electron chi connectivity index (χ3n) is 3.93. The first kappa shape index (κ1) is 11.3. The predicted octanol–water partition coefficient (Wildman–Crippen LogP) is 3.77. The Hall–Kier alpha value is -1.58. The molecule has 0 saturated heterocycles. The van der Waals surface area contributed by atoms with E-state index in [1.165, 1.54) is 32.6 Å². The zero-order chi connectivity index (χ0) is 12.8. The van der Waals surface area contributed by atoms with Gasteiger partial charge >= 0.3 is 0 Å². The molecule has 1 unspecified atom stereocenters. The zero-order valence-electron chi connectivity index (χ0n) is 10.9. The van der Waals surface area contributed by atoms with Gasteiger partial charge in [0.2, 0.25) is 0 Å². The van der Waals surface area contributed by atoms with Crippen molar-refractivity contribution in [3.05, 3.63) is 57.4 Å². The number of aromatic amines is 1. The van der Waals surface area contributed by atoms with Gasteiger partial charge in [-0.25, -0.2) is 0 Å². The maximum atomic E-state index is 3.63. The van der Waals surface area contributed by atoms with Gasteiger partial charge in [-0.3, -0.25) is 0 Å². The Labute approximate surface area is 116 Å². The number of aryl methyl sites for hydroxylation is 1. The monoisotopic (exact) mass is 268 g/mol. The largest absolute Gasteiger partial charge is 0.357 e. The van der Waals surface area contributed by atoms with Crippen molar-refractivity contribution in [1.29, 1.82) is 0 Å². The van der Waals surface area contributed by atoms with Crippen molar-refractivity contribution < 1.29 is 0 Å². The highest BCUT2D eigenvalue weighted by atomic mass is 32.1. The van der Waals surface area contributed by atoms with E-state index >= 15 is 0 Å². The van der Waals surface area contributed by atoms with E-state index in [1.807, 2.05) is 11.3 Å². The Morgan fingerprint density at radius 1 is 1.26 bits per heavy atom. The van der Waals surface area contributed by atoms with Crippen LogP contribution in [-0.4, -0.2) is 11.5 Å². The van der Waals surface area contributed by atoms with Crippen LogP contribution in [0.25, 0.3) is 10.9 Å². The average molecular weight is 268 g/mol. The van der Waals surface area contributed by atoms with Gasteiger partial charge in [-0.2, -0.15) is 0 Å². The lowest BCUT2D eigenvalue weighted by Gasteiger charge is -2.23. The van der Waals surface area contributed by atoms with Gasteiger partial charge in [0, 0.05) is 28.0 Å². The van der Waals surface area contributed by atoms with E-state index in [0.29, 0.717) is 6.04 Å². The lowest BCUT2D eigenvalue weighted by atomic mass is 9.98. The highest BCUT2D eigenvalue weighted by molar-refractivity contribution is 7.10.